The summed E-state index contributed by atoms with van der Waals surface area (Å²) in [6.07, 6.45) is 3.10. The molecule has 0 saturated heterocycles. The number of aliphatic hydroxyl groups is 1. The summed E-state index contributed by atoms with van der Waals surface area (Å²) < 4.78 is 13.4. The van der Waals surface area contributed by atoms with Gasteiger partial charge in [-0.05, 0) is 55.7 Å². The fourth-order valence-corrected chi connectivity index (χ4v) is 5.64. The zero-order valence-corrected chi connectivity index (χ0v) is 23.7. The van der Waals surface area contributed by atoms with Gasteiger partial charge in [0.25, 0.3) is 0 Å². The highest BCUT2D eigenvalue weighted by molar-refractivity contribution is 6.05. The van der Waals surface area contributed by atoms with E-state index in [2.05, 4.69) is 49.2 Å². The number of fused-ring (bicyclic) bond motifs is 2. The van der Waals surface area contributed by atoms with Gasteiger partial charge in [0.2, 0.25) is 0 Å². The number of hydrogen-bond donors (Lipinski definition) is 2. The number of benzene rings is 3. The van der Waals surface area contributed by atoms with Crippen LogP contribution in [0.25, 0.3) is 32.8 Å². The summed E-state index contributed by atoms with van der Waals surface area (Å²) in [4.78, 5) is 16.6. The first kappa shape index (κ1) is 27.5. The van der Waals surface area contributed by atoms with Gasteiger partial charge < -0.3 is 19.6 Å². The van der Waals surface area contributed by atoms with Gasteiger partial charge in [0.1, 0.15) is 11.4 Å². The molecule has 0 amide bonds. The number of hydrogen-bond acceptors (Lipinski definition) is 5. The van der Waals surface area contributed by atoms with Gasteiger partial charge >= 0.3 is 5.97 Å². The van der Waals surface area contributed by atoms with Crippen LogP contribution in [-0.4, -0.2) is 39.1 Å². The molecule has 5 rings (SSSR count). The minimum atomic E-state index is -0.366. The number of aromatic amines is 1. The second-order valence-corrected chi connectivity index (χ2v) is 10.1. The molecule has 40 heavy (non-hydrogen) atoms. The molecule has 2 heterocycles. The third-order valence-corrected chi connectivity index (χ3v) is 7.47. The van der Waals surface area contributed by atoms with Gasteiger partial charge in [-0.1, -0.05) is 61.9 Å². The van der Waals surface area contributed by atoms with Gasteiger partial charge in [-0.3, -0.25) is 4.68 Å². The standard InChI is InChI=1S/C33H37N3O4/c1-5-11-26-30(27(20-37)36(4)35-26)29-21(3)17-18-25-24(32(34-31(25)29)33(38)39-6-2)15-10-19-40-28-16-9-13-22-12-7-8-14-23(22)28/h7-9,12-14,16-18,34,37H,5-6,10-11,15,19-20H2,1-4H3. The number of nitrogens with one attached hydrogen (secondary N) is 1. The summed E-state index contributed by atoms with van der Waals surface area (Å²) in [5, 5.41) is 18.2. The lowest BCUT2D eigenvalue weighted by Crippen LogP contribution is -2.09. The highest BCUT2D eigenvalue weighted by Gasteiger charge is 2.25. The quantitative estimate of drug-likeness (QED) is 0.145. The molecule has 3 aromatic carbocycles. The normalized spacial score (nSPS) is 11.4. The Bertz CT molecular complexity index is 1660. The van der Waals surface area contributed by atoms with E-state index in [1.165, 1.54) is 0 Å². The summed E-state index contributed by atoms with van der Waals surface area (Å²) in [6, 6.07) is 18.4. The van der Waals surface area contributed by atoms with E-state index in [9.17, 15) is 9.90 Å². The van der Waals surface area contributed by atoms with Crippen LogP contribution in [0.5, 0.6) is 5.75 Å². The number of H-pyrrole nitrogens is 1. The molecule has 0 spiro atoms. The second-order valence-electron chi connectivity index (χ2n) is 10.1. The summed E-state index contributed by atoms with van der Waals surface area (Å²) in [7, 11) is 1.86. The van der Waals surface area contributed by atoms with Crippen LogP contribution in [0, 0.1) is 6.92 Å². The number of aromatic nitrogens is 3. The highest BCUT2D eigenvalue weighted by atomic mass is 16.5. The van der Waals surface area contributed by atoms with Crippen LogP contribution in [0.4, 0.5) is 0 Å². The fourth-order valence-electron chi connectivity index (χ4n) is 5.64. The first-order valence-corrected chi connectivity index (χ1v) is 14.1. The Hall–Kier alpha value is -4.10. The number of nitrogens with zero attached hydrogens (tertiary/aromatic N) is 2. The molecule has 2 N–H and O–H groups in total. The molecule has 0 aliphatic heterocycles. The lowest BCUT2D eigenvalue weighted by atomic mass is 9.93. The molecule has 0 atom stereocenters. The van der Waals surface area contributed by atoms with E-state index in [0.29, 0.717) is 25.3 Å². The number of ether oxygens (including phenoxy) is 2. The summed E-state index contributed by atoms with van der Waals surface area (Å²) in [6.45, 7) is 6.68. The molecule has 0 bridgehead atoms. The van der Waals surface area contributed by atoms with Crippen LogP contribution in [0.15, 0.2) is 54.6 Å². The first-order valence-electron chi connectivity index (χ1n) is 14.1. The topological polar surface area (TPSA) is 89.4 Å². The summed E-state index contributed by atoms with van der Waals surface area (Å²) >= 11 is 0. The van der Waals surface area contributed by atoms with Crippen molar-refractivity contribution in [3.8, 4) is 16.9 Å². The van der Waals surface area contributed by atoms with Gasteiger partial charge in [0.15, 0.2) is 0 Å². The summed E-state index contributed by atoms with van der Waals surface area (Å²) in [5.74, 6) is 0.492. The van der Waals surface area contributed by atoms with Crippen LogP contribution in [0.3, 0.4) is 0 Å². The largest absolute Gasteiger partial charge is 0.493 e. The van der Waals surface area contributed by atoms with Crippen molar-refractivity contribution < 1.29 is 19.4 Å². The van der Waals surface area contributed by atoms with Crippen molar-refractivity contribution in [2.24, 2.45) is 7.05 Å². The number of carbonyl (C=O) groups is 1. The van der Waals surface area contributed by atoms with Crippen LogP contribution in [0.1, 0.15) is 59.7 Å². The molecule has 0 radical (unpaired) electrons. The lowest BCUT2D eigenvalue weighted by molar-refractivity contribution is 0.0519. The van der Waals surface area contributed by atoms with Gasteiger partial charge in [-0.25, -0.2) is 4.79 Å². The summed E-state index contributed by atoms with van der Waals surface area (Å²) in [5.41, 5.74) is 6.93. The van der Waals surface area contributed by atoms with Crippen LogP contribution in [0.2, 0.25) is 0 Å². The highest BCUT2D eigenvalue weighted by Crippen LogP contribution is 2.39. The van der Waals surface area contributed by atoms with Crippen LogP contribution in [-0.2, 0) is 31.2 Å². The van der Waals surface area contributed by atoms with Crippen molar-refractivity contribution in [1.29, 1.82) is 0 Å². The minimum Gasteiger partial charge on any atom is -0.493 e. The smallest absolute Gasteiger partial charge is 0.355 e. The van der Waals surface area contributed by atoms with E-state index in [4.69, 9.17) is 14.6 Å². The van der Waals surface area contributed by atoms with Gasteiger partial charge in [0.05, 0.1) is 36.7 Å². The lowest BCUT2D eigenvalue weighted by Gasteiger charge is -2.11. The average molecular weight is 540 g/mol. The Balaban J connectivity index is 1.53. The van der Waals surface area contributed by atoms with Crippen molar-refractivity contribution in [1.82, 2.24) is 14.8 Å². The minimum absolute atomic E-state index is 0.123. The molecule has 5 aromatic rings. The Kier molecular flexibility index (Phi) is 8.21. The number of rotatable bonds is 11. The molecule has 7 heteroatoms. The maximum absolute atomic E-state index is 13.1. The molecule has 7 nitrogen and oxygen atoms in total. The van der Waals surface area contributed by atoms with Crippen molar-refractivity contribution in [3.63, 3.8) is 0 Å². The Morgan fingerprint density at radius 2 is 1.80 bits per heavy atom. The van der Waals surface area contributed by atoms with Crippen molar-refractivity contribution in [2.75, 3.05) is 13.2 Å². The van der Waals surface area contributed by atoms with Crippen molar-refractivity contribution in [3.05, 3.63) is 82.8 Å². The first-order chi connectivity index (χ1) is 19.5. The van der Waals surface area contributed by atoms with E-state index in [1.807, 2.05) is 38.2 Å². The van der Waals surface area contributed by atoms with E-state index in [0.717, 1.165) is 80.3 Å². The maximum Gasteiger partial charge on any atom is 0.355 e. The Labute approximate surface area is 234 Å². The average Bonchev–Trinajstić information content (AvgIpc) is 3.48. The fraction of sp³-hybridized carbons (Fsp3) is 0.333. The maximum atomic E-state index is 13.1. The van der Waals surface area contributed by atoms with Gasteiger partial charge in [-0.15, -0.1) is 0 Å². The molecule has 0 unspecified atom stereocenters. The van der Waals surface area contributed by atoms with Crippen molar-refractivity contribution in [2.45, 2.75) is 53.1 Å². The Morgan fingerprint density at radius 1 is 1.00 bits per heavy atom. The predicted octanol–water partition coefficient (Wildman–Crippen LogP) is 6.66. The third-order valence-electron chi connectivity index (χ3n) is 7.47. The molecule has 0 fully saturated rings. The molecule has 2 aromatic heterocycles. The molecule has 0 saturated carbocycles. The van der Waals surface area contributed by atoms with Crippen LogP contribution < -0.4 is 4.74 Å². The zero-order valence-electron chi connectivity index (χ0n) is 23.7. The number of esters is 1. The molecule has 208 valence electrons. The Morgan fingerprint density at radius 3 is 2.58 bits per heavy atom. The third kappa shape index (κ3) is 5.09. The predicted molar refractivity (Wildman–Crippen MR) is 159 cm³/mol. The van der Waals surface area contributed by atoms with E-state index >= 15 is 0 Å². The monoisotopic (exact) mass is 539 g/mol. The number of aliphatic hydroxyl groups excluding tert-OH is 1. The zero-order chi connectivity index (χ0) is 28.2. The molecule has 0 aliphatic rings. The number of aryl methyl sites for hydroxylation is 4. The molecule has 0 aliphatic carbocycles. The van der Waals surface area contributed by atoms with Crippen LogP contribution >= 0.6 is 0 Å². The van der Waals surface area contributed by atoms with Gasteiger partial charge in [0, 0.05) is 28.9 Å². The molecular formula is C33H37N3O4. The van der Waals surface area contributed by atoms with E-state index in [1.54, 1.807) is 4.68 Å². The van der Waals surface area contributed by atoms with E-state index in [-0.39, 0.29) is 12.6 Å². The second kappa shape index (κ2) is 12.0. The molecular weight excluding hydrogens is 502 g/mol. The van der Waals surface area contributed by atoms with Gasteiger partial charge in [-0.2, -0.15) is 5.10 Å². The SMILES string of the molecule is CCCc1nn(C)c(CO)c1-c1c(C)ccc2c(CCCOc3cccc4ccccc34)c(C(=O)OCC)[nH]c12. The van der Waals surface area contributed by atoms with E-state index < -0.39 is 0 Å². The van der Waals surface area contributed by atoms with Crippen molar-refractivity contribution >= 4 is 27.6 Å². The number of carbonyl (C=O) groups excluding carboxylic acids is 1.